The molecule has 1 unspecified atom stereocenters. The highest BCUT2D eigenvalue weighted by Gasteiger charge is 1.99. The molecule has 1 heterocycles. The molecule has 0 amide bonds. The quantitative estimate of drug-likeness (QED) is 0.473. The Hall–Kier alpha value is -0.700. The van der Waals surface area contributed by atoms with E-state index in [9.17, 15) is 0 Å². The molecule has 1 rings (SSSR count). The van der Waals surface area contributed by atoms with Gasteiger partial charge in [0.2, 0.25) is 0 Å². The van der Waals surface area contributed by atoms with Crippen molar-refractivity contribution in [2.75, 3.05) is 0 Å². The first-order chi connectivity index (χ1) is 4.34. The van der Waals surface area contributed by atoms with Crippen LogP contribution in [0.1, 0.15) is 10.9 Å². The summed E-state index contributed by atoms with van der Waals surface area (Å²) < 4.78 is 0. The first kappa shape index (κ1) is 6.42. The van der Waals surface area contributed by atoms with E-state index in [1.807, 2.05) is 0 Å². The van der Waals surface area contributed by atoms with E-state index in [1.54, 1.807) is 18.6 Å². The van der Waals surface area contributed by atoms with E-state index in [2.05, 4.69) is 29.2 Å². The number of nitrogens with zero attached hydrogens (tertiary/aromatic N) is 1. The number of aromatic amines is 1. The Morgan fingerprint density at radius 2 is 2.67 bits per heavy atom. The number of H-pyrrole nitrogens is 1. The van der Waals surface area contributed by atoms with Crippen molar-refractivity contribution in [3.8, 4) is 0 Å². The minimum Gasteiger partial charge on any atom is -0.347 e. The maximum atomic E-state index is 4.20. The molecule has 1 N–H and O–H groups in total. The van der Waals surface area contributed by atoms with E-state index >= 15 is 0 Å². The highest BCUT2D eigenvalue weighted by Crippen LogP contribution is 2.16. The Labute approximate surface area is 59.4 Å². The second-order valence-corrected chi connectivity index (χ2v) is 2.24. The van der Waals surface area contributed by atoms with Gasteiger partial charge in [0.05, 0.1) is 17.3 Å². The van der Waals surface area contributed by atoms with E-state index in [0.29, 0.717) is 0 Å². The van der Waals surface area contributed by atoms with Gasteiger partial charge in [0.15, 0.2) is 0 Å². The molecule has 0 aliphatic rings. The van der Waals surface area contributed by atoms with Crippen molar-refractivity contribution >= 4 is 12.6 Å². The third-order valence-electron chi connectivity index (χ3n) is 1.06. The summed E-state index contributed by atoms with van der Waals surface area (Å²) in [6.45, 7) is 3.59. The maximum absolute atomic E-state index is 4.20. The molecule has 0 saturated carbocycles. The summed E-state index contributed by atoms with van der Waals surface area (Å²) in [7, 11) is 0. The molecule has 0 saturated heterocycles. The monoisotopic (exact) mass is 140 g/mol. The number of hydrogen-bond donors (Lipinski definition) is 2. The predicted molar refractivity (Wildman–Crippen MR) is 40.5 cm³/mol. The lowest BCUT2D eigenvalue weighted by atomic mass is 10.3. The van der Waals surface area contributed by atoms with Gasteiger partial charge in [-0.05, 0) is 0 Å². The lowest BCUT2D eigenvalue weighted by Crippen LogP contribution is -1.82. The summed E-state index contributed by atoms with van der Waals surface area (Å²) in [6.07, 6.45) is 5.11. The first-order valence-corrected chi connectivity index (χ1v) is 3.15. The maximum Gasteiger partial charge on any atom is 0.0922 e. The van der Waals surface area contributed by atoms with Crippen molar-refractivity contribution in [1.29, 1.82) is 0 Å². The Kier molecular flexibility index (Phi) is 1.95. The average molecular weight is 140 g/mol. The number of imidazole rings is 1. The molecule has 0 aliphatic heterocycles. The van der Waals surface area contributed by atoms with Crippen LogP contribution >= 0.6 is 12.6 Å². The van der Waals surface area contributed by atoms with Crippen LogP contribution in [0.15, 0.2) is 25.2 Å². The van der Waals surface area contributed by atoms with E-state index in [4.69, 9.17) is 0 Å². The van der Waals surface area contributed by atoms with E-state index < -0.39 is 0 Å². The number of thiol groups is 1. The van der Waals surface area contributed by atoms with Crippen molar-refractivity contribution in [2.45, 2.75) is 5.25 Å². The van der Waals surface area contributed by atoms with Gasteiger partial charge in [-0.15, -0.1) is 6.58 Å². The van der Waals surface area contributed by atoms with E-state index in [-0.39, 0.29) is 5.25 Å². The Morgan fingerprint density at radius 3 is 3.11 bits per heavy atom. The Morgan fingerprint density at radius 1 is 1.89 bits per heavy atom. The molecule has 2 nitrogen and oxygen atoms in total. The highest BCUT2D eigenvalue weighted by atomic mass is 32.1. The number of rotatable bonds is 2. The fourth-order valence-corrected chi connectivity index (χ4v) is 0.697. The van der Waals surface area contributed by atoms with Gasteiger partial charge in [0.25, 0.3) is 0 Å². The smallest absolute Gasteiger partial charge is 0.0922 e. The Bertz CT molecular complexity index is 181. The lowest BCUT2D eigenvalue weighted by molar-refractivity contribution is 1.14. The molecule has 1 aromatic rings. The van der Waals surface area contributed by atoms with Gasteiger partial charge in [0.1, 0.15) is 0 Å². The van der Waals surface area contributed by atoms with Crippen molar-refractivity contribution in [2.24, 2.45) is 0 Å². The molecule has 1 atom stereocenters. The molecule has 3 heteroatoms. The van der Waals surface area contributed by atoms with Gasteiger partial charge in [-0.2, -0.15) is 12.6 Å². The van der Waals surface area contributed by atoms with Crippen LogP contribution in [0.4, 0.5) is 0 Å². The largest absolute Gasteiger partial charge is 0.347 e. The van der Waals surface area contributed by atoms with Gasteiger partial charge in [-0.3, -0.25) is 0 Å². The summed E-state index contributed by atoms with van der Waals surface area (Å²) in [5.41, 5.74) is 0.980. The molecule has 9 heavy (non-hydrogen) atoms. The zero-order valence-electron chi connectivity index (χ0n) is 4.91. The predicted octanol–water partition coefficient (Wildman–Crippen LogP) is 1.57. The SMILES string of the molecule is C=CC(S)c1cnc[nH]1. The van der Waals surface area contributed by atoms with Gasteiger partial charge in [-0.25, -0.2) is 4.98 Å². The molecule has 48 valence electrons. The summed E-state index contributed by atoms with van der Waals surface area (Å²) >= 11 is 4.20. The van der Waals surface area contributed by atoms with Crippen molar-refractivity contribution in [3.05, 3.63) is 30.9 Å². The number of aromatic nitrogens is 2. The zero-order valence-corrected chi connectivity index (χ0v) is 5.81. The minimum absolute atomic E-state index is 0.0764. The number of nitrogens with one attached hydrogen (secondary N) is 1. The first-order valence-electron chi connectivity index (χ1n) is 2.63. The van der Waals surface area contributed by atoms with Crippen LogP contribution in [0, 0.1) is 0 Å². The van der Waals surface area contributed by atoms with Gasteiger partial charge in [-0.1, -0.05) is 6.08 Å². The van der Waals surface area contributed by atoms with Crippen LogP contribution < -0.4 is 0 Å². The van der Waals surface area contributed by atoms with Gasteiger partial charge < -0.3 is 4.98 Å². The minimum atomic E-state index is 0.0764. The van der Waals surface area contributed by atoms with Crippen molar-refractivity contribution < 1.29 is 0 Å². The molecule has 0 fully saturated rings. The summed E-state index contributed by atoms with van der Waals surface area (Å²) in [5.74, 6) is 0. The summed E-state index contributed by atoms with van der Waals surface area (Å²) in [4.78, 5) is 6.77. The highest BCUT2D eigenvalue weighted by molar-refractivity contribution is 7.80. The van der Waals surface area contributed by atoms with E-state index in [1.165, 1.54) is 0 Å². The van der Waals surface area contributed by atoms with Crippen LogP contribution in [-0.4, -0.2) is 9.97 Å². The molecule has 0 spiro atoms. The molecule has 0 aliphatic carbocycles. The topological polar surface area (TPSA) is 28.7 Å². The zero-order chi connectivity index (χ0) is 6.69. The standard InChI is InChI=1S/C6H8N2S/c1-2-6(9)5-3-7-4-8-5/h2-4,6,9H,1H2,(H,7,8). The average Bonchev–Trinajstić information content (AvgIpc) is 2.37. The Balaban J connectivity index is 2.76. The normalized spacial score (nSPS) is 13.0. The van der Waals surface area contributed by atoms with Crippen LogP contribution in [0.2, 0.25) is 0 Å². The fraction of sp³-hybridized carbons (Fsp3) is 0.167. The van der Waals surface area contributed by atoms with Crippen LogP contribution in [0.25, 0.3) is 0 Å². The molecule has 1 aromatic heterocycles. The molecule has 0 bridgehead atoms. The second-order valence-electron chi connectivity index (χ2n) is 1.69. The molecular formula is C6H8N2S. The van der Waals surface area contributed by atoms with Gasteiger partial charge in [0, 0.05) is 6.20 Å². The summed E-state index contributed by atoms with van der Waals surface area (Å²) in [6, 6.07) is 0. The third-order valence-corrected chi connectivity index (χ3v) is 1.55. The van der Waals surface area contributed by atoms with Gasteiger partial charge >= 0.3 is 0 Å². The van der Waals surface area contributed by atoms with Crippen molar-refractivity contribution in [3.63, 3.8) is 0 Å². The lowest BCUT2D eigenvalue weighted by Gasteiger charge is -1.97. The van der Waals surface area contributed by atoms with Crippen LogP contribution in [0.5, 0.6) is 0 Å². The second kappa shape index (κ2) is 2.73. The number of hydrogen-bond acceptors (Lipinski definition) is 2. The molecular weight excluding hydrogens is 132 g/mol. The van der Waals surface area contributed by atoms with E-state index in [0.717, 1.165) is 5.69 Å². The van der Waals surface area contributed by atoms with Crippen LogP contribution in [0.3, 0.4) is 0 Å². The molecule has 0 radical (unpaired) electrons. The van der Waals surface area contributed by atoms with Crippen molar-refractivity contribution in [1.82, 2.24) is 9.97 Å². The van der Waals surface area contributed by atoms with Crippen LogP contribution in [-0.2, 0) is 0 Å². The molecule has 0 aromatic carbocycles. The third kappa shape index (κ3) is 1.36. The summed E-state index contributed by atoms with van der Waals surface area (Å²) in [5, 5.41) is 0.0764. The fourth-order valence-electron chi connectivity index (χ4n) is 0.555.